The molecule has 2 rings (SSSR count). The molecular weight excluding hydrogens is 340 g/mol. The maximum absolute atomic E-state index is 12.0. The Morgan fingerprint density at radius 1 is 1.56 bits per heavy atom. The highest BCUT2D eigenvalue weighted by molar-refractivity contribution is 9.11. The van der Waals surface area contributed by atoms with Gasteiger partial charge in [-0.25, -0.2) is 0 Å². The zero-order valence-electron chi connectivity index (χ0n) is 9.99. The van der Waals surface area contributed by atoms with Crippen molar-refractivity contribution in [3.05, 3.63) is 14.7 Å². The Morgan fingerprint density at radius 2 is 2.22 bits per heavy atom. The molecule has 0 bridgehead atoms. The predicted molar refractivity (Wildman–Crippen MR) is 79.2 cm³/mol. The van der Waals surface area contributed by atoms with Gasteiger partial charge < -0.3 is 15.4 Å². The summed E-state index contributed by atoms with van der Waals surface area (Å²) < 4.78 is 6.00. The predicted octanol–water partition coefficient (Wildman–Crippen LogP) is 2.42. The van der Waals surface area contributed by atoms with Gasteiger partial charge in [0.15, 0.2) is 0 Å². The van der Waals surface area contributed by atoms with Gasteiger partial charge in [0, 0.05) is 12.1 Å². The van der Waals surface area contributed by atoms with Crippen LogP contribution in [0.5, 0.6) is 5.75 Å². The van der Waals surface area contributed by atoms with Crippen LogP contribution in [-0.4, -0.2) is 32.1 Å². The topological polar surface area (TPSA) is 50.4 Å². The van der Waals surface area contributed by atoms with Crippen LogP contribution in [0.2, 0.25) is 0 Å². The first kappa shape index (κ1) is 15.8. The number of hydrogen-bond acceptors (Lipinski definition) is 4. The summed E-state index contributed by atoms with van der Waals surface area (Å²) in [5, 5.41) is 6.33. The first-order chi connectivity index (χ1) is 8.20. The van der Waals surface area contributed by atoms with Crippen molar-refractivity contribution in [2.24, 2.45) is 0 Å². The molecule has 0 saturated carbocycles. The van der Waals surface area contributed by atoms with Crippen molar-refractivity contribution in [2.45, 2.75) is 18.9 Å². The van der Waals surface area contributed by atoms with E-state index in [2.05, 4.69) is 26.6 Å². The highest BCUT2D eigenvalue weighted by Gasteiger charge is 2.19. The summed E-state index contributed by atoms with van der Waals surface area (Å²) in [4.78, 5) is 12.7. The van der Waals surface area contributed by atoms with E-state index in [0.29, 0.717) is 10.6 Å². The fourth-order valence-electron chi connectivity index (χ4n) is 1.83. The lowest BCUT2D eigenvalue weighted by Crippen LogP contribution is -2.42. The van der Waals surface area contributed by atoms with Gasteiger partial charge in [-0.2, -0.15) is 0 Å². The minimum absolute atomic E-state index is 0. The molecule has 2 heterocycles. The molecule has 0 aromatic carbocycles. The van der Waals surface area contributed by atoms with Crippen LogP contribution >= 0.6 is 39.7 Å². The molecular formula is C11H16BrClN2O2S. The van der Waals surface area contributed by atoms with E-state index < -0.39 is 0 Å². The number of ether oxygens (including phenoxy) is 1. The third-order valence-electron chi connectivity index (χ3n) is 2.77. The van der Waals surface area contributed by atoms with Crippen LogP contribution in [0, 0.1) is 0 Å². The number of carbonyl (C=O) groups is 1. The molecule has 0 unspecified atom stereocenters. The van der Waals surface area contributed by atoms with E-state index in [1.54, 1.807) is 13.2 Å². The summed E-state index contributed by atoms with van der Waals surface area (Å²) in [5.74, 6) is 0.705. The van der Waals surface area contributed by atoms with Crippen molar-refractivity contribution >= 4 is 45.6 Å². The molecule has 1 saturated heterocycles. The number of carbonyl (C=O) groups excluding carboxylic acids is 1. The fraction of sp³-hybridized carbons (Fsp3) is 0.545. The van der Waals surface area contributed by atoms with Crippen LogP contribution in [0.15, 0.2) is 9.85 Å². The molecule has 0 atom stereocenters. The molecule has 0 radical (unpaired) electrons. The van der Waals surface area contributed by atoms with Gasteiger partial charge in [0.2, 0.25) is 0 Å². The van der Waals surface area contributed by atoms with Crippen LogP contribution in [0.1, 0.15) is 22.5 Å². The Morgan fingerprint density at radius 3 is 2.78 bits per heavy atom. The zero-order chi connectivity index (χ0) is 12.3. The van der Waals surface area contributed by atoms with Gasteiger partial charge in [-0.1, -0.05) is 0 Å². The van der Waals surface area contributed by atoms with Gasteiger partial charge in [0.25, 0.3) is 5.91 Å². The second-order valence-electron chi connectivity index (χ2n) is 3.95. The maximum atomic E-state index is 12.0. The van der Waals surface area contributed by atoms with Crippen molar-refractivity contribution in [2.75, 3.05) is 20.2 Å². The molecule has 2 N–H and O–H groups in total. The second kappa shape index (κ2) is 7.33. The number of nitrogens with one attached hydrogen (secondary N) is 2. The van der Waals surface area contributed by atoms with Crippen molar-refractivity contribution < 1.29 is 9.53 Å². The van der Waals surface area contributed by atoms with Crippen molar-refractivity contribution in [3.8, 4) is 5.75 Å². The van der Waals surface area contributed by atoms with Crippen molar-refractivity contribution in [1.29, 1.82) is 0 Å². The van der Waals surface area contributed by atoms with Gasteiger partial charge >= 0.3 is 0 Å². The molecule has 4 nitrogen and oxygen atoms in total. The van der Waals surface area contributed by atoms with E-state index in [0.717, 1.165) is 29.7 Å². The number of halogens is 2. The smallest absolute Gasteiger partial charge is 0.261 e. The van der Waals surface area contributed by atoms with E-state index in [9.17, 15) is 4.79 Å². The summed E-state index contributed by atoms with van der Waals surface area (Å²) in [6.45, 7) is 1.95. The van der Waals surface area contributed by atoms with Crippen molar-refractivity contribution in [1.82, 2.24) is 10.6 Å². The fourth-order valence-corrected chi connectivity index (χ4v) is 3.38. The lowest BCUT2D eigenvalue weighted by atomic mass is 10.1. The van der Waals surface area contributed by atoms with E-state index >= 15 is 0 Å². The third-order valence-corrected chi connectivity index (χ3v) is 4.55. The van der Waals surface area contributed by atoms with Crippen LogP contribution in [0.4, 0.5) is 0 Å². The monoisotopic (exact) mass is 354 g/mol. The first-order valence-corrected chi connectivity index (χ1v) is 7.16. The Hall–Kier alpha value is -0.300. The van der Waals surface area contributed by atoms with E-state index in [4.69, 9.17) is 4.74 Å². The molecule has 1 fully saturated rings. The van der Waals surface area contributed by atoms with Gasteiger partial charge in [0.05, 0.1) is 12.0 Å². The van der Waals surface area contributed by atoms with Gasteiger partial charge in [-0.15, -0.1) is 23.7 Å². The molecule has 7 heteroatoms. The van der Waals surface area contributed by atoms with Gasteiger partial charge in [-0.3, -0.25) is 4.79 Å². The number of piperidine rings is 1. The van der Waals surface area contributed by atoms with Gasteiger partial charge in [-0.05, 0) is 41.9 Å². The average molecular weight is 356 g/mol. The molecule has 1 aromatic heterocycles. The summed E-state index contributed by atoms with van der Waals surface area (Å²) >= 11 is 4.77. The number of hydrogen-bond donors (Lipinski definition) is 2. The number of methoxy groups -OCH3 is 1. The van der Waals surface area contributed by atoms with Crippen molar-refractivity contribution in [3.63, 3.8) is 0 Å². The average Bonchev–Trinajstić information content (AvgIpc) is 2.72. The Labute approximate surface area is 125 Å². The molecule has 0 spiro atoms. The minimum Gasteiger partial charge on any atom is -0.495 e. The van der Waals surface area contributed by atoms with Crippen LogP contribution < -0.4 is 15.4 Å². The molecule has 0 aliphatic carbocycles. The van der Waals surface area contributed by atoms with E-state index in [-0.39, 0.29) is 24.4 Å². The summed E-state index contributed by atoms with van der Waals surface area (Å²) in [5.41, 5.74) is 0. The van der Waals surface area contributed by atoms with Crippen LogP contribution in [-0.2, 0) is 0 Å². The largest absolute Gasteiger partial charge is 0.495 e. The zero-order valence-corrected chi connectivity index (χ0v) is 13.2. The molecule has 1 amide bonds. The molecule has 18 heavy (non-hydrogen) atoms. The normalized spacial score (nSPS) is 15.9. The second-order valence-corrected chi connectivity index (χ2v) is 6.32. The van der Waals surface area contributed by atoms with E-state index in [1.807, 2.05) is 0 Å². The molecule has 1 aliphatic heterocycles. The highest BCUT2D eigenvalue weighted by atomic mass is 79.9. The Balaban J connectivity index is 0.00000162. The van der Waals surface area contributed by atoms with Crippen LogP contribution in [0.25, 0.3) is 0 Å². The quantitative estimate of drug-likeness (QED) is 0.875. The summed E-state index contributed by atoms with van der Waals surface area (Å²) in [7, 11) is 1.60. The summed E-state index contributed by atoms with van der Waals surface area (Å²) in [6.07, 6.45) is 1.99. The lowest BCUT2D eigenvalue weighted by molar-refractivity contribution is 0.0933. The number of amides is 1. The van der Waals surface area contributed by atoms with Gasteiger partial charge in [0.1, 0.15) is 9.54 Å². The standard InChI is InChI=1S/C11H15BrN2O2S.ClH/c1-16-8-6-9(17-10(8)12)11(15)14-7-2-4-13-5-3-7;/h6-7,13H,2-5H2,1H3,(H,14,15);1H. The highest BCUT2D eigenvalue weighted by Crippen LogP contribution is 2.34. The first-order valence-electron chi connectivity index (χ1n) is 5.55. The summed E-state index contributed by atoms with van der Waals surface area (Å²) in [6, 6.07) is 2.06. The lowest BCUT2D eigenvalue weighted by Gasteiger charge is -2.23. The number of thiophene rings is 1. The molecule has 1 aromatic rings. The molecule has 1 aliphatic rings. The Kier molecular flexibility index (Phi) is 6.42. The SMILES string of the molecule is COc1cc(C(=O)NC2CCNCC2)sc1Br.Cl. The number of rotatable bonds is 3. The minimum atomic E-state index is -0.00843. The van der Waals surface area contributed by atoms with Crippen LogP contribution in [0.3, 0.4) is 0 Å². The molecule has 102 valence electrons. The van der Waals surface area contributed by atoms with E-state index in [1.165, 1.54) is 11.3 Å². The third kappa shape index (κ3) is 3.85. The Bertz CT molecular complexity index is 408. The maximum Gasteiger partial charge on any atom is 0.261 e.